The number of nitrogens with zero attached hydrogens (tertiary/aromatic N) is 2. The summed E-state index contributed by atoms with van der Waals surface area (Å²) in [5, 5.41) is 9.82. The number of aromatic nitrogens is 2. The zero-order chi connectivity index (χ0) is 13.3. The summed E-state index contributed by atoms with van der Waals surface area (Å²) in [7, 11) is 1.57. The number of hydrogen-bond donors (Lipinski definition) is 2. The number of phenols is 1. The Kier molecular flexibility index (Phi) is 3.20. The summed E-state index contributed by atoms with van der Waals surface area (Å²) in [6.07, 6.45) is 0.568. The lowest BCUT2D eigenvalue weighted by molar-refractivity contribution is 0.475. The predicted molar refractivity (Wildman–Crippen MR) is 68.8 cm³/mol. The number of benzene rings is 1. The van der Waals surface area contributed by atoms with Gasteiger partial charge in [-0.05, 0) is 25.1 Å². The van der Waals surface area contributed by atoms with Gasteiger partial charge in [0.1, 0.15) is 5.75 Å². The highest BCUT2D eigenvalue weighted by molar-refractivity contribution is 5.79. The van der Waals surface area contributed by atoms with Crippen molar-refractivity contribution in [3.05, 3.63) is 39.0 Å². The molecule has 0 radical (unpaired) electrons. The van der Waals surface area contributed by atoms with Crippen molar-refractivity contribution in [1.29, 1.82) is 0 Å². The molecule has 1 aromatic heterocycles. The minimum Gasteiger partial charge on any atom is -0.508 e. The molecule has 6 nitrogen and oxygen atoms in total. The Morgan fingerprint density at radius 1 is 1.33 bits per heavy atom. The fourth-order valence-corrected chi connectivity index (χ4v) is 1.94. The van der Waals surface area contributed by atoms with Crippen molar-refractivity contribution in [2.75, 3.05) is 6.54 Å². The van der Waals surface area contributed by atoms with E-state index in [1.54, 1.807) is 7.05 Å². The maximum Gasteiger partial charge on any atom is 0.331 e. The summed E-state index contributed by atoms with van der Waals surface area (Å²) >= 11 is 0. The molecule has 18 heavy (non-hydrogen) atoms. The molecular formula is C12H15N3O3. The Labute approximate surface area is 103 Å². The van der Waals surface area contributed by atoms with Crippen LogP contribution in [-0.2, 0) is 13.6 Å². The van der Waals surface area contributed by atoms with E-state index in [1.165, 1.54) is 27.3 Å². The van der Waals surface area contributed by atoms with E-state index in [9.17, 15) is 14.7 Å². The van der Waals surface area contributed by atoms with Crippen LogP contribution in [0.3, 0.4) is 0 Å². The van der Waals surface area contributed by atoms with E-state index in [-0.39, 0.29) is 11.3 Å². The second-order valence-electron chi connectivity index (χ2n) is 4.14. The summed E-state index contributed by atoms with van der Waals surface area (Å²) in [4.78, 5) is 24.2. The molecule has 1 aromatic carbocycles. The van der Waals surface area contributed by atoms with Crippen molar-refractivity contribution in [3.63, 3.8) is 0 Å². The van der Waals surface area contributed by atoms with Crippen LogP contribution in [0.25, 0.3) is 10.9 Å². The van der Waals surface area contributed by atoms with Gasteiger partial charge in [0.15, 0.2) is 0 Å². The van der Waals surface area contributed by atoms with E-state index >= 15 is 0 Å². The van der Waals surface area contributed by atoms with E-state index in [2.05, 4.69) is 0 Å². The average Bonchev–Trinajstić information content (AvgIpc) is 2.36. The van der Waals surface area contributed by atoms with E-state index in [4.69, 9.17) is 5.73 Å². The van der Waals surface area contributed by atoms with Gasteiger partial charge in [0.2, 0.25) is 0 Å². The molecule has 0 bridgehead atoms. The van der Waals surface area contributed by atoms with Gasteiger partial charge in [-0.1, -0.05) is 0 Å². The third-order valence-electron chi connectivity index (χ3n) is 2.92. The molecule has 6 heteroatoms. The molecule has 0 saturated heterocycles. The Balaban J connectivity index is 2.80. The highest BCUT2D eigenvalue weighted by Crippen LogP contribution is 2.15. The third-order valence-corrected chi connectivity index (χ3v) is 2.92. The largest absolute Gasteiger partial charge is 0.508 e. The molecule has 0 saturated carbocycles. The number of nitrogens with two attached hydrogens (primary N) is 1. The molecule has 0 aliphatic rings. The van der Waals surface area contributed by atoms with Gasteiger partial charge in [0, 0.05) is 19.7 Å². The summed E-state index contributed by atoms with van der Waals surface area (Å²) in [5.74, 6) is 0.0246. The molecule has 0 spiro atoms. The van der Waals surface area contributed by atoms with Gasteiger partial charge < -0.3 is 10.8 Å². The van der Waals surface area contributed by atoms with Crippen LogP contribution in [0, 0.1) is 0 Å². The first-order valence-electron chi connectivity index (χ1n) is 5.69. The predicted octanol–water partition coefficient (Wildman–Crippen LogP) is -0.245. The molecule has 0 aliphatic carbocycles. The fraction of sp³-hybridized carbons (Fsp3) is 0.333. The minimum absolute atomic E-state index is 0.0246. The summed E-state index contributed by atoms with van der Waals surface area (Å²) in [6.45, 7) is 0.724. The molecule has 96 valence electrons. The van der Waals surface area contributed by atoms with Crippen molar-refractivity contribution in [3.8, 4) is 5.75 Å². The van der Waals surface area contributed by atoms with Gasteiger partial charge in [-0.25, -0.2) is 4.79 Å². The van der Waals surface area contributed by atoms with Crippen molar-refractivity contribution >= 4 is 10.9 Å². The van der Waals surface area contributed by atoms with Crippen LogP contribution in [0.2, 0.25) is 0 Å². The highest BCUT2D eigenvalue weighted by Gasteiger charge is 2.10. The van der Waals surface area contributed by atoms with Gasteiger partial charge in [-0.2, -0.15) is 0 Å². The van der Waals surface area contributed by atoms with Crippen LogP contribution in [0.5, 0.6) is 5.75 Å². The molecule has 0 atom stereocenters. The van der Waals surface area contributed by atoms with E-state index in [1.807, 2.05) is 0 Å². The monoisotopic (exact) mass is 249 g/mol. The number of aryl methyl sites for hydroxylation is 1. The Bertz CT molecular complexity index is 700. The normalized spacial score (nSPS) is 11.0. The van der Waals surface area contributed by atoms with E-state index in [0.717, 1.165) is 0 Å². The van der Waals surface area contributed by atoms with Crippen LogP contribution in [0.1, 0.15) is 6.42 Å². The topological polar surface area (TPSA) is 90.3 Å². The van der Waals surface area contributed by atoms with Gasteiger partial charge in [-0.3, -0.25) is 13.9 Å². The van der Waals surface area contributed by atoms with Gasteiger partial charge in [0.05, 0.1) is 10.9 Å². The Morgan fingerprint density at radius 3 is 2.72 bits per heavy atom. The average molecular weight is 249 g/mol. The first kappa shape index (κ1) is 12.4. The smallest absolute Gasteiger partial charge is 0.331 e. The zero-order valence-corrected chi connectivity index (χ0v) is 10.1. The maximum atomic E-state index is 12.1. The molecule has 0 fully saturated rings. The first-order chi connectivity index (χ1) is 8.56. The van der Waals surface area contributed by atoms with Crippen LogP contribution < -0.4 is 17.0 Å². The van der Waals surface area contributed by atoms with Crippen LogP contribution in [0.15, 0.2) is 27.8 Å². The second kappa shape index (κ2) is 4.66. The summed E-state index contributed by atoms with van der Waals surface area (Å²) in [6, 6.07) is 4.36. The van der Waals surface area contributed by atoms with Crippen molar-refractivity contribution in [2.24, 2.45) is 12.8 Å². The van der Waals surface area contributed by atoms with Crippen LogP contribution in [-0.4, -0.2) is 20.8 Å². The molecule has 1 heterocycles. The van der Waals surface area contributed by atoms with Crippen molar-refractivity contribution < 1.29 is 5.11 Å². The molecule has 0 unspecified atom stereocenters. The van der Waals surface area contributed by atoms with Crippen LogP contribution in [0.4, 0.5) is 0 Å². The lowest BCUT2D eigenvalue weighted by Crippen LogP contribution is -2.39. The van der Waals surface area contributed by atoms with Gasteiger partial charge in [0.25, 0.3) is 5.56 Å². The highest BCUT2D eigenvalue weighted by atomic mass is 16.3. The zero-order valence-electron chi connectivity index (χ0n) is 10.1. The molecular weight excluding hydrogens is 234 g/mol. The van der Waals surface area contributed by atoms with Crippen LogP contribution >= 0.6 is 0 Å². The quantitative estimate of drug-likeness (QED) is 0.785. The fourth-order valence-electron chi connectivity index (χ4n) is 1.94. The second-order valence-corrected chi connectivity index (χ2v) is 4.14. The lowest BCUT2D eigenvalue weighted by atomic mass is 10.2. The van der Waals surface area contributed by atoms with Crippen molar-refractivity contribution in [2.45, 2.75) is 13.0 Å². The molecule has 2 rings (SSSR count). The molecule has 0 amide bonds. The van der Waals surface area contributed by atoms with E-state index < -0.39 is 5.69 Å². The van der Waals surface area contributed by atoms with Gasteiger partial charge in [-0.15, -0.1) is 0 Å². The first-order valence-corrected chi connectivity index (χ1v) is 5.69. The molecule has 2 aromatic rings. The van der Waals surface area contributed by atoms with Gasteiger partial charge >= 0.3 is 5.69 Å². The summed E-state index contributed by atoms with van der Waals surface area (Å²) < 4.78 is 2.53. The SMILES string of the molecule is Cn1c(=O)n(CCCN)c(=O)c2ccc(O)cc21. The van der Waals surface area contributed by atoms with Crippen molar-refractivity contribution in [1.82, 2.24) is 9.13 Å². The maximum absolute atomic E-state index is 12.1. The number of rotatable bonds is 3. The lowest BCUT2D eigenvalue weighted by Gasteiger charge is -2.10. The number of hydrogen-bond acceptors (Lipinski definition) is 4. The third kappa shape index (κ3) is 1.91. The molecule has 3 N–H and O–H groups in total. The standard InChI is InChI=1S/C12H15N3O3/c1-14-10-7-8(16)3-4-9(10)11(17)15(12(14)18)6-2-5-13/h3-4,7,16H,2,5-6,13H2,1H3. The number of fused-ring (bicyclic) bond motifs is 1. The Morgan fingerprint density at radius 2 is 2.06 bits per heavy atom. The number of aromatic hydroxyl groups is 1. The Hall–Kier alpha value is -2.08. The molecule has 0 aliphatic heterocycles. The number of phenolic OH excluding ortho intramolecular Hbond substituents is 1. The minimum atomic E-state index is -0.397. The van der Waals surface area contributed by atoms with E-state index in [0.29, 0.717) is 30.4 Å². The summed E-state index contributed by atoms with van der Waals surface area (Å²) in [5.41, 5.74) is 5.07.